The lowest BCUT2D eigenvalue weighted by molar-refractivity contribution is -0.346. The van der Waals surface area contributed by atoms with E-state index in [1.807, 2.05) is 0 Å². The van der Waals surface area contributed by atoms with E-state index in [1.54, 1.807) is 36.4 Å². The number of nitrogen functional groups attached to an aromatic ring is 1. The van der Waals surface area contributed by atoms with Crippen LogP contribution in [-0.4, -0.2) is 12.2 Å². The Morgan fingerprint density at radius 3 is 2.54 bits per heavy atom. The average molecular weight is 387 g/mol. The number of methoxy groups -OCH3 is 1. The van der Waals surface area contributed by atoms with Crippen molar-refractivity contribution in [3.63, 3.8) is 0 Å². The van der Waals surface area contributed by atoms with Crippen molar-refractivity contribution in [1.29, 1.82) is 5.26 Å². The molecule has 0 unspecified atom stereocenters. The van der Waals surface area contributed by atoms with Gasteiger partial charge in [-0.1, -0.05) is 29.3 Å². The van der Waals surface area contributed by atoms with Gasteiger partial charge in [0.05, 0.1) is 12.1 Å². The van der Waals surface area contributed by atoms with Gasteiger partial charge in [0.25, 0.3) is 5.82 Å². The monoisotopic (exact) mass is 386 g/mol. The minimum absolute atomic E-state index is 0.00573. The molecule has 0 radical (unpaired) electrons. The highest BCUT2D eigenvalue weighted by Gasteiger charge is 2.19. The zero-order valence-corrected chi connectivity index (χ0v) is 15.2. The average Bonchev–Trinajstić information content (AvgIpc) is 2.61. The third kappa shape index (κ3) is 3.25. The maximum absolute atomic E-state index is 9.81. The summed E-state index contributed by atoms with van der Waals surface area (Å²) < 4.78 is 5.15. The van der Waals surface area contributed by atoms with Gasteiger partial charge in [-0.05, 0) is 42.0 Å². The summed E-state index contributed by atoms with van der Waals surface area (Å²) in [5, 5.41) is 20.3. The normalized spacial score (nSPS) is 10.4. The van der Waals surface area contributed by atoms with Crippen molar-refractivity contribution in [2.45, 2.75) is 0 Å². The molecule has 2 aromatic carbocycles. The van der Waals surface area contributed by atoms with Gasteiger partial charge in [0, 0.05) is 16.1 Å². The zero-order chi connectivity index (χ0) is 18.8. The van der Waals surface area contributed by atoms with E-state index in [2.05, 4.69) is 11.1 Å². The van der Waals surface area contributed by atoms with E-state index in [9.17, 15) is 10.4 Å². The summed E-state index contributed by atoms with van der Waals surface area (Å²) in [5.41, 5.74) is 8.92. The van der Waals surface area contributed by atoms with Crippen molar-refractivity contribution in [2.75, 3.05) is 12.8 Å². The Morgan fingerprint density at radius 2 is 1.88 bits per heavy atom. The molecule has 1 aromatic heterocycles. The zero-order valence-electron chi connectivity index (χ0n) is 13.7. The van der Waals surface area contributed by atoms with E-state index >= 15 is 0 Å². The molecule has 4 N–H and O–H groups in total. The largest absolute Gasteiger partial charge is 0.504 e. The number of nitrogens with zero attached hydrogens (tertiary/aromatic N) is 1. The summed E-state index contributed by atoms with van der Waals surface area (Å²) in [7, 11) is 1.45. The van der Waals surface area contributed by atoms with Gasteiger partial charge in [-0.3, -0.25) is 5.73 Å². The first-order valence-electron chi connectivity index (χ1n) is 7.53. The van der Waals surface area contributed by atoms with Crippen LogP contribution in [0.1, 0.15) is 5.56 Å². The number of halogens is 2. The summed E-state index contributed by atoms with van der Waals surface area (Å²) in [6.45, 7) is 0. The number of H-pyrrole nitrogens is 1. The molecule has 0 amide bonds. The van der Waals surface area contributed by atoms with E-state index in [-0.39, 0.29) is 17.1 Å². The number of aromatic hydroxyl groups is 1. The molecule has 130 valence electrons. The highest BCUT2D eigenvalue weighted by atomic mass is 35.5. The van der Waals surface area contributed by atoms with Crippen LogP contribution in [0.4, 0.5) is 5.82 Å². The number of phenolic OH excluding ortho intramolecular Hbond substituents is 1. The van der Waals surface area contributed by atoms with Gasteiger partial charge in [0.2, 0.25) is 0 Å². The molecule has 7 heteroatoms. The minimum atomic E-state index is 0.00573. The molecule has 0 bridgehead atoms. The number of aromatic nitrogens is 1. The lowest BCUT2D eigenvalue weighted by Gasteiger charge is -2.10. The van der Waals surface area contributed by atoms with Crippen LogP contribution < -0.4 is 15.5 Å². The number of ether oxygens (including phenoxy) is 1. The lowest BCUT2D eigenvalue weighted by Crippen LogP contribution is -2.16. The van der Waals surface area contributed by atoms with Crippen molar-refractivity contribution < 1.29 is 14.8 Å². The Kier molecular flexibility index (Phi) is 4.90. The highest BCUT2D eigenvalue weighted by Crippen LogP contribution is 2.36. The van der Waals surface area contributed by atoms with Crippen LogP contribution in [0.5, 0.6) is 11.5 Å². The van der Waals surface area contributed by atoms with Gasteiger partial charge in [-0.2, -0.15) is 5.26 Å². The molecule has 0 aliphatic carbocycles. The van der Waals surface area contributed by atoms with Crippen LogP contribution in [-0.2, 0) is 0 Å². The predicted octanol–water partition coefficient (Wildman–Crippen LogP) is 4.31. The van der Waals surface area contributed by atoms with E-state index < -0.39 is 0 Å². The molecule has 0 aliphatic heterocycles. The smallest absolute Gasteiger partial charge is 0.289 e. The van der Waals surface area contributed by atoms with Gasteiger partial charge < -0.3 is 9.84 Å². The summed E-state index contributed by atoms with van der Waals surface area (Å²) in [4.78, 5) is 3.00. The number of nitrogens with one attached hydrogen (secondary N) is 1. The molecule has 0 spiro atoms. The van der Waals surface area contributed by atoms with Gasteiger partial charge in [-0.25, -0.2) is 4.98 Å². The van der Waals surface area contributed by atoms with Crippen molar-refractivity contribution in [3.8, 4) is 40.0 Å². The molecule has 0 saturated carbocycles. The quantitative estimate of drug-likeness (QED) is 0.700. The molecule has 0 atom stereocenters. The molecule has 0 fully saturated rings. The summed E-state index contributed by atoms with van der Waals surface area (Å²) >= 11 is 12.3. The number of nitrogens with two attached hydrogens (primary N) is 1. The second kappa shape index (κ2) is 7.12. The maximum atomic E-state index is 9.81. The fraction of sp³-hybridized carbons (Fsp3) is 0.0526. The van der Waals surface area contributed by atoms with E-state index in [0.29, 0.717) is 38.2 Å². The van der Waals surface area contributed by atoms with Gasteiger partial charge in [-0.15, -0.1) is 0 Å². The molecule has 5 nitrogen and oxygen atoms in total. The maximum Gasteiger partial charge on any atom is 0.289 e. The standard InChI is InChI=1S/C19H13Cl2N3O2/c1-26-18-6-10(2-5-17(18)25)13-8-16(24-19(23)14(13)9-22)12-4-3-11(20)7-15(12)21/h2-8,25H,1H3,(H2,23,24)/p+1. The van der Waals surface area contributed by atoms with Crippen LogP contribution in [0.15, 0.2) is 42.5 Å². The number of aromatic amines is 1. The molecular formula is C19H14Cl2N3O2+. The minimum Gasteiger partial charge on any atom is -0.504 e. The molecule has 1 heterocycles. The van der Waals surface area contributed by atoms with E-state index in [1.165, 1.54) is 13.2 Å². The number of hydrogen-bond donors (Lipinski definition) is 2. The van der Waals surface area contributed by atoms with Crippen LogP contribution in [0.2, 0.25) is 10.0 Å². The molecular weight excluding hydrogens is 373 g/mol. The molecule has 0 aliphatic rings. The Labute approximate surface area is 160 Å². The van der Waals surface area contributed by atoms with Crippen LogP contribution >= 0.6 is 23.2 Å². The van der Waals surface area contributed by atoms with E-state index in [0.717, 1.165) is 0 Å². The Bertz CT molecular complexity index is 1050. The number of phenols is 1. The van der Waals surface area contributed by atoms with E-state index in [4.69, 9.17) is 33.7 Å². The first-order chi connectivity index (χ1) is 12.4. The fourth-order valence-corrected chi connectivity index (χ4v) is 3.16. The molecule has 3 aromatic rings. The van der Waals surface area contributed by atoms with Crippen molar-refractivity contribution in [1.82, 2.24) is 0 Å². The third-order valence-corrected chi connectivity index (χ3v) is 4.47. The highest BCUT2D eigenvalue weighted by molar-refractivity contribution is 6.36. The van der Waals surface area contributed by atoms with Crippen molar-refractivity contribution >= 4 is 29.0 Å². The van der Waals surface area contributed by atoms with Crippen LogP contribution in [0.3, 0.4) is 0 Å². The summed E-state index contributed by atoms with van der Waals surface area (Å²) in [6, 6.07) is 13.8. The van der Waals surface area contributed by atoms with Crippen molar-refractivity contribution in [3.05, 3.63) is 58.1 Å². The summed E-state index contributed by atoms with van der Waals surface area (Å²) in [6.07, 6.45) is 0. The molecule has 26 heavy (non-hydrogen) atoms. The fourth-order valence-electron chi connectivity index (χ4n) is 2.65. The van der Waals surface area contributed by atoms with Crippen LogP contribution in [0.25, 0.3) is 22.4 Å². The topological polar surface area (TPSA) is 93.4 Å². The Balaban J connectivity index is 2.25. The number of benzene rings is 2. The van der Waals surface area contributed by atoms with Gasteiger partial charge in [0.15, 0.2) is 11.5 Å². The third-order valence-electron chi connectivity index (χ3n) is 3.92. The Morgan fingerprint density at radius 1 is 1.12 bits per heavy atom. The number of anilines is 1. The summed E-state index contributed by atoms with van der Waals surface area (Å²) in [5.74, 6) is 0.508. The number of pyridine rings is 1. The first kappa shape index (κ1) is 17.9. The Hall–Kier alpha value is -2.94. The number of nitriles is 1. The van der Waals surface area contributed by atoms with Crippen molar-refractivity contribution in [2.24, 2.45) is 0 Å². The van der Waals surface area contributed by atoms with Crippen LogP contribution in [0, 0.1) is 11.3 Å². The number of hydrogen-bond acceptors (Lipinski definition) is 4. The van der Waals surface area contributed by atoms with Gasteiger partial charge in [0.1, 0.15) is 17.3 Å². The molecule has 0 saturated heterocycles. The predicted molar refractivity (Wildman–Crippen MR) is 101 cm³/mol. The second-order valence-electron chi connectivity index (χ2n) is 5.51. The SMILES string of the molecule is COc1cc(-c2cc(-c3ccc(Cl)cc3Cl)[nH+]c(N)c2C#N)ccc1O. The lowest BCUT2D eigenvalue weighted by atomic mass is 9.98. The van der Waals surface area contributed by atoms with Gasteiger partial charge >= 0.3 is 0 Å². The molecule has 3 rings (SSSR count). The second-order valence-corrected chi connectivity index (χ2v) is 6.35. The first-order valence-corrected chi connectivity index (χ1v) is 8.29. The number of rotatable bonds is 3.